The number of aromatic nitrogens is 2. The van der Waals surface area contributed by atoms with E-state index in [9.17, 15) is 4.79 Å². The molecule has 5 nitrogen and oxygen atoms in total. The predicted octanol–water partition coefficient (Wildman–Crippen LogP) is 1.31. The standard InChI is InChI=1S/C13H17N3O2/c17-13-12(14-5-6-16(13)8-1-2-8)15-10-7-9-3-4-11(10)18-9/h5-6,8-11H,1-4,7H2,(H,14,15). The number of anilines is 1. The molecular formula is C13H17N3O2. The summed E-state index contributed by atoms with van der Waals surface area (Å²) >= 11 is 0. The van der Waals surface area contributed by atoms with Gasteiger partial charge in [-0.3, -0.25) is 4.79 Å². The van der Waals surface area contributed by atoms with E-state index in [-0.39, 0.29) is 17.7 Å². The van der Waals surface area contributed by atoms with Gasteiger partial charge in [0.2, 0.25) is 0 Å². The van der Waals surface area contributed by atoms with Crippen molar-refractivity contribution in [2.45, 2.75) is 56.4 Å². The largest absolute Gasteiger partial charge is 0.373 e. The molecule has 0 aromatic carbocycles. The molecular weight excluding hydrogens is 230 g/mol. The molecule has 18 heavy (non-hydrogen) atoms. The molecule has 1 saturated carbocycles. The molecule has 3 heterocycles. The lowest BCUT2D eigenvalue weighted by molar-refractivity contribution is 0.102. The Morgan fingerprint density at radius 2 is 2.22 bits per heavy atom. The first kappa shape index (κ1) is 10.6. The van der Waals surface area contributed by atoms with Crippen LogP contribution in [0.2, 0.25) is 0 Å². The van der Waals surface area contributed by atoms with Crippen LogP contribution in [0, 0.1) is 0 Å². The maximum Gasteiger partial charge on any atom is 0.293 e. The van der Waals surface area contributed by atoms with Crippen molar-refractivity contribution < 1.29 is 4.74 Å². The molecule has 1 N–H and O–H groups in total. The zero-order valence-electron chi connectivity index (χ0n) is 10.2. The van der Waals surface area contributed by atoms with Gasteiger partial charge in [-0.05, 0) is 32.1 Å². The van der Waals surface area contributed by atoms with Crippen molar-refractivity contribution in [1.29, 1.82) is 0 Å². The number of nitrogens with zero attached hydrogens (tertiary/aromatic N) is 2. The van der Waals surface area contributed by atoms with Gasteiger partial charge < -0.3 is 14.6 Å². The van der Waals surface area contributed by atoms with Gasteiger partial charge in [-0.15, -0.1) is 0 Å². The average molecular weight is 247 g/mol. The van der Waals surface area contributed by atoms with E-state index in [0.717, 1.165) is 32.1 Å². The van der Waals surface area contributed by atoms with Gasteiger partial charge in [0.25, 0.3) is 5.56 Å². The Labute approximate surface area is 105 Å². The fraction of sp³-hybridized carbons (Fsp3) is 0.692. The Morgan fingerprint density at radius 1 is 1.33 bits per heavy atom. The predicted molar refractivity (Wildman–Crippen MR) is 66.7 cm³/mol. The number of nitrogens with one attached hydrogen (secondary N) is 1. The zero-order valence-corrected chi connectivity index (χ0v) is 10.2. The summed E-state index contributed by atoms with van der Waals surface area (Å²) in [5.41, 5.74) is 0.0165. The molecule has 96 valence electrons. The summed E-state index contributed by atoms with van der Waals surface area (Å²) in [6, 6.07) is 0.663. The van der Waals surface area contributed by atoms with Gasteiger partial charge in [0, 0.05) is 18.4 Å². The monoisotopic (exact) mass is 247 g/mol. The summed E-state index contributed by atoms with van der Waals surface area (Å²) in [7, 11) is 0. The molecule has 3 fully saturated rings. The highest BCUT2D eigenvalue weighted by molar-refractivity contribution is 5.34. The Kier molecular flexibility index (Phi) is 2.24. The van der Waals surface area contributed by atoms with Gasteiger partial charge >= 0.3 is 0 Å². The van der Waals surface area contributed by atoms with Gasteiger partial charge in [-0.2, -0.15) is 0 Å². The summed E-state index contributed by atoms with van der Waals surface area (Å²) in [6.45, 7) is 0. The van der Waals surface area contributed by atoms with E-state index in [1.807, 2.05) is 4.57 Å². The molecule has 5 heteroatoms. The van der Waals surface area contributed by atoms with E-state index < -0.39 is 0 Å². The maximum absolute atomic E-state index is 12.2. The van der Waals surface area contributed by atoms with Crippen molar-refractivity contribution in [2.24, 2.45) is 0 Å². The minimum Gasteiger partial charge on any atom is -0.373 e. The van der Waals surface area contributed by atoms with Crippen molar-refractivity contribution >= 4 is 5.82 Å². The average Bonchev–Trinajstić information content (AvgIpc) is 3.01. The molecule has 3 aliphatic rings. The summed E-state index contributed by atoms with van der Waals surface area (Å²) < 4.78 is 7.60. The van der Waals surface area contributed by atoms with Crippen LogP contribution in [-0.4, -0.2) is 27.8 Å². The van der Waals surface area contributed by atoms with Crippen molar-refractivity contribution in [1.82, 2.24) is 9.55 Å². The number of hydrogen-bond acceptors (Lipinski definition) is 4. The van der Waals surface area contributed by atoms with Crippen LogP contribution in [0.15, 0.2) is 17.2 Å². The number of fused-ring (bicyclic) bond motifs is 2. The Morgan fingerprint density at radius 3 is 2.89 bits per heavy atom. The SMILES string of the molecule is O=c1c(NC2CC3CCC2O3)nccn1C1CC1. The second-order valence-corrected chi connectivity index (χ2v) is 5.58. The van der Waals surface area contributed by atoms with Gasteiger partial charge in [0.1, 0.15) is 0 Å². The van der Waals surface area contributed by atoms with Gasteiger partial charge in [-0.25, -0.2) is 4.98 Å². The highest BCUT2D eigenvalue weighted by atomic mass is 16.5. The quantitative estimate of drug-likeness (QED) is 0.875. The van der Waals surface area contributed by atoms with E-state index in [0.29, 0.717) is 18.0 Å². The van der Waals surface area contributed by atoms with E-state index in [4.69, 9.17) is 4.74 Å². The Balaban J connectivity index is 1.58. The lowest BCUT2D eigenvalue weighted by Crippen LogP contribution is -2.34. The number of ether oxygens (including phenoxy) is 1. The highest BCUT2D eigenvalue weighted by Crippen LogP contribution is 2.36. The molecule has 2 bridgehead atoms. The van der Waals surface area contributed by atoms with Gasteiger partial charge in [0.05, 0.1) is 18.2 Å². The Bertz CT molecular complexity index is 523. The van der Waals surface area contributed by atoms with Crippen LogP contribution < -0.4 is 10.9 Å². The molecule has 4 rings (SSSR count). The first-order chi connectivity index (χ1) is 8.81. The summed E-state index contributed by atoms with van der Waals surface area (Å²) in [4.78, 5) is 16.4. The molecule has 0 radical (unpaired) electrons. The molecule has 0 amide bonds. The molecule has 1 aliphatic carbocycles. The summed E-state index contributed by atoms with van der Waals surface area (Å²) in [6.07, 6.45) is 9.67. The van der Waals surface area contributed by atoms with Crippen LogP contribution in [0.1, 0.15) is 38.1 Å². The third kappa shape index (κ3) is 1.65. The fourth-order valence-electron chi connectivity index (χ4n) is 3.13. The molecule has 1 aromatic heterocycles. The van der Waals surface area contributed by atoms with Crippen molar-refractivity contribution in [3.63, 3.8) is 0 Å². The lowest BCUT2D eigenvalue weighted by Gasteiger charge is -2.20. The second kappa shape index (κ2) is 3.82. The minimum atomic E-state index is 0.0165. The summed E-state index contributed by atoms with van der Waals surface area (Å²) in [5.74, 6) is 0.491. The first-order valence-electron chi connectivity index (χ1n) is 6.80. The zero-order chi connectivity index (χ0) is 12.1. The molecule has 0 spiro atoms. The van der Waals surface area contributed by atoms with Crippen molar-refractivity contribution in [2.75, 3.05) is 5.32 Å². The minimum absolute atomic E-state index is 0.0165. The summed E-state index contributed by atoms with van der Waals surface area (Å²) in [5, 5.41) is 3.29. The fourth-order valence-corrected chi connectivity index (χ4v) is 3.13. The number of rotatable bonds is 3. The lowest BCUT2D eigenvalue weighted by atomic mass is 9.95. The van der Waals surface area contributed by atoms with Crippen LogP contribution in [0.25, 0.3) is 0 Å². The van der Waals surface area contributed by atoms with Crippen LogP contribution in [0.3, 0.4) is 0 Å². The van der Waals surface area contributed by atoms with Crippen molar-refractivity contribution in [3.05, 3.63) is 22.7 Å². The normalized spacial score (nSPS) is 33.9. The van der Waals surface area contributed by atoms with Crippen LogP contribution in [0.5, 0.6) is 0 Å². The molecule has 2 saturated heterocycles. The Hall–Kier alpha value is -1.36. The third-order valence-electron chi connectivity index (χ3n) is 4.24. The van der Waals surface area contributed by atoms with Crippen LogP contribution >= 0.6 is 0 Å². The van der Waals surface area contributed by atoms with E-state index in [2.05, 4.69) is 10.3 Å². The molecule has 3 atom stereocenters. The smallest absolute Gasteiger partial charge is 0.293 e. The van der Waals surface area contributed by atoms with Crippen LogP contribution in [0.4, 0.5) is 5.82 Å². The molecule has 2 aliphatic heterocycles. The third-order valence-corrected chi connectivity index (χ3v) is 4.24. The number of hydrogen-bond donors (Lipinski definition) is 1. The topological polar surface area (TPSA) is 56.1 Å². The first-order valence-corrected chi connectivity index (χ1v) is 6.80. The van der Waals surface area contributed by atoms with Gasteiger partial charge in [0.15, 0.2) is 5.82 Å². The van der Waals surface area contributed by atoms with Crippen molar-refractivity contribution in [3.8, 4) is 0 Å². The van der Waals surface area contributed by atoms with E-state index >= 15 is 0 Å². The van der Waals surface area contributed by atoms with Crippen LogP contribution in [-0.2, 0) is 4.74 Å². The second-order valence-electron chi connectivity index (χ2n) is 5.58. The van der Waals surface area contributed by atoms with E-state index in [1.54, 1.807) is 12.4 Å². The van der Waals surface area contributed by atoms with Gasteiger partial charge in [-0.1, -0.05) is 0 Å². The maximum atomic E-state index is 12.2. The van der Waals surface area contributed by atoms with E-state index in [1.165, 1.54) is 0 Å². The molecule has 1 aromatic rings. The molecule has 3 unspecified atom stereocenters. The highest BCUT2D eigenvalue weighted by Gasteiger charge is 2.41.